The average molecular weight is 461 g/mol. The van der Waals surface area contributed by atoms with Gasteiger partial charge in [-0.2, -0.15) is 0 Å². The minimum absolute atomic E-state index is 0. The van der Waals surface area contributed by atoms with Crippen molar-refractivity contribution in [2.75, 3.05) is 73.5 Å². The molecule has 146 valence electrons. The summed E-state index contributed by atoms with van der Waals surface area (Å²) >= 11 is 0. The zero-order valence-electron chi connectivity index (χ0n) is 18.6. The molecule has 0 N–H and O–H groups in total. The monoisotopic (exact) mass is 461 g/mol. The van der Waals surface area contributed by atoms with E-state index in [9.17, 15) is 0 Å². The number of hydrogen-bond donors (Lipinski definition) is 0. The third kappa shape index (κ3) is 21.9. The fourth-order valence-corrected chi connectivity index (χ4v) is 10.7. The Morgan fingerprint density at radius 1 is 0.600 bits per heavy atom. The van der Waals surface area contributed by atoms with E-state index in [1.54, 1.807) is 0 Å². The van der Waals surface area contributed by atoms with E-state index in [2.05, 4.69) is 80.4 Å². The van der Waals surface area contributed by atoms with Crippen LogP contribution in [-0.4, -0.2) is 150 Å². The summed E-state index contributed by atoms with van der Waals surface area (Å²) in [5, 5.41) is 4.53. The van der Waals surface area contributed by atoms with Crippen LogP contribution in [0.25, 0.3) is 9.96 Å². The molecule has 1 aliphatic rings. The van der Waals surface area contributed by atoms with Crippen molar-refractivity contribution < 1.29 is 0 Å². The third-order valence-corrected chi connectivity index (χ3v) is 9.04. The Labute approximate surface area is 197 Å². The van der Waals surface area contributed by atoms with Crippen molar-refractivity contribution in [3.8, 4) is 0 Å². The maximum absolute atomic E-state index is 4.82. The van der Waals surface area contributed by atoms with E-state index in [1.807, 2.05) is 0 Å². The Balaban J connectivity index is 0. The molecular weight excluding hydrogens is 418 g/mol. The average Bonchev–Trinajstić information content (AvgIpc) is 2.38. The van der Waals surface area contributed by atoms with E-state index in [0.29, 0.717) is 0 Å². The van der Waals surface area contributed by atoms with Crippen LogP contribution in [0.4, 0.5) is 0 Å². The van der Waals surface area contributed by atoms with Crippen molar-refractivity contribution in [1.29, 1.82) is 0 Å². The molecule has 1 aliphatic heterocycles. The van der Waals surface area contributed by atoms with E-state index < -0.39 is 16.5 Å². The number of likely N-dealkylation sites (N-methyl/N-ethyl adjacent to an activating group) is 3. The Morgan fingerprint density at radius 2 is 0.880 bits per heavy atom. The molecule has 0 saturated carbocycles. The van der Waals surface area contributed by atoms with E-state index in [0.717, 1.165) is 52.4 Å². The van der Waals surface area contributed by atoms with Gasteiger partial charge in [-0.05, 0) is 34.2 Å². The van der Waals surface area contributed by atoms with E-state index in [4.69, 9.17) is 4.65 Å². The molecule has 5 nitrogen and oxygen atoms in total. The second-order valence-electron chi connectivity index (χ2n) is 9.03. The predicted octanol–water partition coefficient (Wildman–Crippen LogP) is 2.82. The SMILES string of the molecule is CN1CC[N-]CCN(C)CCN(C)CC1.C[Si](C)(C)[N-][Si](C)(C)C.[Sr+2]. The van der Waals surface area contributed by atoms with Crippen LogP contribution >= 0.6 is 0 Å². The molecule has 1 saturated heterocycles. The summed E-state index contributed by atoms with van der Waals surface area (Å²) in [6.45, 7) is 22.5. The molecule has 1 heterocycles. The largest absolute Gasteiger partial charge is 2.00 e. The quantitative estimate of drug-likeness (QED) is 0.594. The minimum atomic E-state index is -1.11. The number of nitrogens with zero attached hydrogens (tertiary/aromatic N) is 5. The van der Waals surface area contributed by atoms with Gasteiger partial charge < -0.3 is 24.7 Å². The van der Waals surface area contributed by atoms with Crippen molar-refractivity contribution in [2.24, 2.45) is 0 Å². The standard InChI is InChI=1S/C11H25N4.C6H18NSi2.Sr/c1-13-6-4-12-5-7-14(2)9-11-15(3)10-8-13;1-8(2,3)7-9(4,5)6;/h4-11H2,1-3H3;1-6H3;/q2*-1;+2. The van der Waals surface area contributed by atoms with Crippen molar-refractivity contribution in [3.05, 3.63) is 9.96 Å². The Hall–Kier alpha value is 1.71. The Morgan fingerprint density at radius 3 is 1.12 bits per heavy atom. The van der Waals surface area contributed by atoms with Gasteiger partial charge in [-0.1, -0.05) is 55.8 Å². The fraction of sp³-hybridized carbons (Fsp3) is 1.00. The maximum atomic E-state index is 4.82. The first kappa shape index (κ1) is 28.9. The normalized spacial score (nSPS) is 20.5. The topological polar surface area (TPSA) is 37.9 Å². The first-order chi connectivity index (χ1) is 10.9. The van der Waals surface area contributed by atoms with Gasteiger partial charge in [0, 0.05) is 26.2 Å². The molecule has 0 unspecified atom stereocenters. The van der Waals surface area contributed by atoms with Crippen LogP contribution in [0, 0.1) is 0 Å². The Kier molecular flexibility index (Phi) is 17.0. The second kappa shape index (κ2) is 14.7. The van der Waals surface area contributed by atoms with Gasteiger partial charge in [0.1, 0.15) is 0 Å². The first-order valence-electron chi connectivity index (χ1n) is 9.32. The van der Waals surface area contributed by atoms with Gasteiger partial charge in [0.25, 0.3) is 0 Å². The van der Waals surface area contributed by atoms with Gasteiger partial charge >= 0.3 is 45.5 Å². The van der Waals surface area contributed by atoms with Gasteiger partial charge in [0.15, 0.2) is 0 Å². The Bertz CT molecular complexity index is 293. The summed E-state index contributed by atoms with van der Waals surface area (Å²) in [5.41, 5.74) is 0. The summed E-state index contributed by atoms with van der Waals surface area (Å²) in [7, 11) is 4.36. The summed E-state index contributed by atoms with van der Waals surface area (Å²) in [5.74, 6) is 0. The van der Waals surface area contributed by atoms with E-state index in [-0.39, 0.29) is 45.5 Å². The maximum Gasteiger partial charge on any atom is 2.00 e. The van der Waals surface area contributed by atoms with Crippen LogP contribution in [0.1, 0.15) is 0 Å². The molecular formula is C17H43N5Si2Sr. The molecule has 1 fully saturated rings. The summed E-state index contributed by atoms with van der Waals surface area (Å²) < 4.78 is 4.82. The van der Waals surface area contributed by atoms with Crippen LogP contribution in [0.2, 0.25) is 39.3 Å². The molecule has 8 heteroatoms. The molecule has 0 aliphatic carbocycles. The zero-order valence-corrected chi connectivity index (χ0v) is 24.1. The first-order valence-corrected chi connectivity index (χ1v) is 16.2. The fourth-order valence-electron chi connectivity index (χ4n) is 2.62. The summed E-state index contributed by atoms with van der Waals surface area (Å²) in [6, 6.07) is 0. The zero-order chi connectivity index (χ0) is 18.8. The van der Waals surface area contributed by atoms with Gasteiger partial charge in [-0.25, -0.2) is 0 Å². The van der Waals surface area contributed by atoms with Crippen LogP contribution in [0.5, 0.6) is 0 Å². The molecule has 25 heavy (non-hydrogen) atoms. The molecule has 1 rings (SSSR count). The van der Waals surface area contributed by atoms with Crippen LogP contribution in [0.3, 0.4) is 0 Å². The van der Waals surface area contributed by atoms with Gasteiger partial charge in [0.2, 0.25) is 0 Å². The van der Waals surface area contributed by atoms with Gasteiger partial charge in [0.05, 0.1) is 0 Å². The molecule has 0 aromatic carbocycles. The van der Waals surface area contributed by atoms with E-state index in [1.165, 1.54) is 0 Å². The second-order valence-corrected chi connectivity index (χ2v) is 18.6. The summed E-state index contributed by atoms with van der Waals surface area (Å²) in [6.07, 6.45) is 0. The van der Waals surface area contributed by atoms with Crippen molar-refractivity contribution in [3.63, 3.8) is 0 Å². The molecule has 0 amide bonds. The van der Waals surface area contributed by atoms with Crippen molar-refractivity contribution in [2.45, 2.75) is 39.3 Å². The smallest absolute Gasteiger partial charge is 0.668 e. The van der Waals surface area contributed by atoms with Gasteiger partial charge in [-0.3, -0.25) is 0 Å². The van der Waals surface area contributed by atoms with Crippen LogP contribution < -0.4 is 0 Å². The van der Waals surface area contributed by atoms with Crippen LogP contribution in [-0.2, 0) is 0 Å². The van der Waals surface area contributed by atoms with Gasteiger partial charge in [-0.15, -0.1) is 13.1 Å². The molecule has 0 spiro atoms. The van der Waals surface area contributed by atoms with Crippen molar-refractivity contribution >= 4 is 62.0 Å². The number of rotatable bonds is 2. The third-order valence-electron chi connectivity index (χ3n) is 3.68. The van der Waals surface area contributed by atoms with Crippen LogP contribution in [0.15, 0.2) is 0 Å². The minimum Gasteiger partial charge on any atom is -0.668 e. The molecule has 0 aromatic heterocycles. The number of hydrogen-bond acceptors (Lipinski definition) is 3. The summed E-state index contributed by atoms with van der Waals surface area (Å²) in [4.78, 5) is 7.14. The molecule has 0 aromatic rings. The molecule has 0 bridgehead atoms. The van der Waals surface area contributed by atoms with E-state index >= 15 is 0 Å². The van der Waals surface area contributed by atoms with Crippen molar-refractivity contribution in [1.82, 2.24) is 14.7 Å². The predicted molar refractivity (Wildman–Crippen MR) is 121 cm³/mol. The molecule has 0 radical (unpaired) electrons. The molecule has 0 atom stereocenters.